The molecule has 0 saturated carbocycles. The van der Waals surface area contributed by atoms with Crippen molar-refractivity contribution in [1.29, 1.82) is 0 Å². The number of methoxy groups -OCH3 is 1. The van der Waals surface area contributed by atoms with E-state index in [1.54, 1.807) is 19.4 Å². The fourth-order valence-electron chi connectivity index (χ4n) is 1.13. The van der Waals surface area contributed by atoms with Gasteiger partial charge in [-0.2, -0.15) is 0 Å². The SMILES string of the molecule is COCC(C)CNc1ncccc1F. The minimum Gasteiger partial charge on any atom is -0.384 e. The molecular weight excluding hydrogens is 183 g/mol. The maximum atomic E-state index is 13.1. The van der Waals surface area contributed by atoms with E-state index in [9.17, 15) is 4.39 Å². The number of aromatic nitrogens is 1. The second-order valence-corrected chi connectivity index (χ2v) is 3.28. The van der Waals surface area contributed by atoms with Crippen LogP contribution < -0.4 is 5.32 Å². The molecule has 1 aromatic heterocycles. The maximum absolute atomic E-state index is 13.1. The molecule has 1 heterocycles. The summed E-state index contributed by atoms with van der Waals surface area (Å²) >= 11 is 0. The predicted molar refractivity (Wildman–Crippen MR) is 53.7 cm³/mol. The molecule has 0 saturated heterocycles. The summed E-state index contributed by atoms with van der Waals surface area (Å²) in [7, 11) is 1.65. The van der Waals surface area contributed by atoms with Crippen molar-refractivity contribution in [2.75, 3.05) is 25.6 Å². The molecule has 0 spiro atoms. The van der Waals surface area contributed by atoms with Crippen LogP contribution in [0, 0.1) is 11.7 Å². The van der Waals surface area contributed by atoms with Gasteiger partial charge in [-0.3, -0.25) is 0 Å². The number of hydrogen-bond donors (Lipinski definition) is 1. The van der Waals surface area contributed by atoms with Gasteiger partial charge in [-0.25, -0.2) is 9.37 Å². The maximum Gasteiger partial charge on any atom is 0.165 e. The Morgan fingerprint density at radius 2 is 2.43 bits per heavy atom. The molecule has 0 aliphatic heterocycles. The second-order valence-electron chi connectivity index (χ2n) is 3.28. The lowest BCUT2D eigenvalue weighted by atomic mass is 10.2. The molecule has 0 radical (unpaired) electrons. The molecule has 0 aliphatic carbocycles. The highest BCUT2D eigenvalue weighted by molar-refractivity contribution is 5.35. The number of pyridine rings is 1. The monoisotopic (exact) mass is 198 g/mol. The summed E-state index contributed by atoms with van der Waals surface area (Å²) in [5.41, 5.74) is 0. The van der Waals surface area contributed by atoms with E-state index in [1.165, 1.54) is 6.07 Å². The van der Waals surface area contributed by atoms with Crippen LogP contribution in [0.5, 0.6) is 0 Å². The quantitative estimate of drug-likeness (QED) is 0.784. The molecule has 1 aromatic rings. The Hall–Kier alpha value is -1.16. The highest BCUT2D eigenvalue weighted by Gasteiger charge is 2.04. The summed E-state index contributed by atoms with van der Waals surface area (Å²) in [5, 5.41) is 2.93. The minimum absolute atomic E-state index is 0.301. The highest BCUT2D eigenvalue weighted by atomic mass is 19.1. The Balaban J connectivity index is 2.41. The van der Waals surface area contributed by atoms with Gasteiger partial charge in [0.1, 0.15) is 0 Å². The zero-order valence-corrected chi connectivity index (χ0v) is 8.46. The Kier molecular flexibility index (Phi) is 4.32. The largest absolute Gasteiger partial charge is 0.384 e. The molecule has 0 bridgehead atoms. The van der Waals surface area contributed by atoms with Crippen LogP contribution in [0.4, 0.5) is 10.2 Å². The predicted octanol–water partition coefficient (Wildman–Crippen LogP) is 1.92. The van der Waals surface area contributed by atoms with Crippen molar-refractivity contribution < 1.29 is 9.13 Å². The zero-order chi connectivity index (χ0) is 10.4. The third-order valence-corrected chi connectivity index (χ3v) is 1.83. The van der Waals surface area contributed by atoms with Crippen molar-refractivity contribution in [3.63, 3.8) is 0 Å². The first kappa shape index (κ1) is 10.9. The highest BCUT2D eigenvalue weighted by Crippen LogP contribution is 2.09. The third-order valence-electron chi connectivity index (χ3n) is 1.83. The first-order chi connectivity index (χ1) is 6.74. The van der Waals surface area contributed by atoms with Crippen molar-refractivity contribution in [2.24, 2.45) is 5.92 Å². The van der Waals surface area contributed by atoms with Gasteiger partial charge in [-0.1, -0.05) is 6.92 Å². The van der Waals surface area contributed by atoms with Gasteiger partial charge in [-0.15, -0.1) is 0 Å². The molecule has 0 aromatic carbocycles. The first-order valence-corrected chi connectivity index (χ1v) is 4.57. The van der Waals surface area contributed by atoms with Crippen LogP contribution in [0.2, 0.25) is 0 Å². The normalized spacial score (nSPS) is 12.5. The lowest BCUT2D eigenvalue weighted by Crippen LogP contribution is -2.17. The number of nitrogens with one attached hydrogen (secondary N) is 1. The Morgan fingerprint density at radius 1 is 1.64 bits per heavy atom. The standard InChI is InChI=1S/C10H15FN2O/c1-8(7-14-2)6-13-10-9(11)4-3-5-12-10/h3-5,8H,6-7H2,1-2H3,(H,12,13). The van der Waals surface area contributed by atoms with E-state index in [2.05, 4.69) is 10.3 Å². The van der Waals surface area contributed by atoms with Crippen molar-refractivity contribution in [1.82, 2.24) is 4.98 Å². The molecule has 1 rings (SSSR count). The van der Waals surface area contributed by atoms with E-state index in [1.807, 2.05) is 6.92 Å². The summed E-state index contributed by atoms with van der Waals surface area (Å²) in [6.07, 6.45) is 1.56. The topological polar surface area (TPSA) is 34.1 Å². The van der Waals surface area contributed by atoms with Gasteiger partial charge in [-0.05, 0) is 18.1 Å². The van der Waals surface area contributed by atoms with E-state index >= 15 is 0 Å². The van der Waals surface area contributed by atoms with Gasteiger partial charge in [0.25, 0.3) is 0 Å². The molecule has 4 heteroatoms. The Morgan fingerprint density at radius 3 is 3.07 bits per heavy atom. The summed E-state index contributed by atoms with van der Waals surface area (Å²) in [6, 6.07) is 2.95. The smallest absolute Gasteiger partial charge is 0.165 e. The number of ether oxygens (including phenoxy) is 1. The van der Waals surface area contributed by atoms with Crippen LogP contribution in [-0.4, -0.2) is 25.2 Å². The van der Waals surface area contributed by atoms with E-state index in [4.69, 9.17) is 4.74 Å². The fraction of sp³-hybridized carbons (Fsp3) is 0.500. The summed E-state index contributed by atoms with van der Waals surface area (Å²) < 4.78 is 18.0. The number of anilines is 1. The van der Waals surface area contributed by atoms with E-state index in [0.717, 1.165) is 0 Å². The fourth-order valence-corrected chi connectivity index (χ4v) is 1.13. The van der Waals surface area contributed by atoms with Gasteiger partial charge in [0.2, 0.25) is 0 Å². The van der Waals surface area contributed by atoms with E-state index < -0.39 is 0 Å². The van der Waals surface area contributed by atoms with E-state index in [0.29, 0.717) is 24.9 Å². The second kappa shape index (κ2) is 5.54. The molecular formula is C10H15FN2O. The molecule has 1 N–H and O–H groups in total. The molecule has 14 heavy (non-hydrogen) atoms. The lowest BCUT2D eigenvalue weighted by Gasteiger charge is -2.11. The number of hydrogen-bond acceptors (Lipinski definition) is 3. The van der Waals surface area contributed by atoms with Gasteiger partial charge in [0.15, 0.2) is 11.6 Å². The third kappa shape index (κ3) is 3.30. The molecule has 78 valence electrons. The van der Waals surface area contributed by atoms with E-state index in [-0.39, 0.29) is 5.82 Å². The average Bonchev–Trinajstić information content (AvgIpc) is 2.17. The van der Waals surface area contributed by atoms with Crippen LogP contribution in [0.25, 0.3) is 0 Å². The molecule has 1 atom stereocenters. The molecule has 1 unspecified atom stereocenters. The van der Waals surface area contributed by atoms with Crippen molar-refractivity contribution >= 4 is 5.82 Å². The van der Waals surface area contributed by atoms with Crippen molar-refractivity contribution in [3.8, 4) is 0 Å². The number of halogens is 1. The van der Waals surface area contributed by atoms with Crippen LogP contribution in [0.15, 0.2) is 18.3 Å². The molecule has 0 aliphatic rings. The van der Waals surface area contributed by atoms with Crippen LogP contribution in [-0.2, 0) is 4.74 Å². The first-order valence-electron chi connectivity index (χ1n) is 4.57. The van der Waals surface area contributed by atoms with Gasteiger partial charge in [0.05, 0.1) is 6.61 Å². The summed E-state index contributed by atoms with van der Waals surface area (Å²) in [6.45, 7) is 3.33. The summed E-state index contributed by atoms with van der Waals surface area (Å²) in [5.74, 6) is 0.314. The lowest BCUT2D eigenvalue weighted by molar-refractivity contribution is 0.164. The molecule has 0 amide bonds. The average molecular weight is 198 g/mol. The minimum atomic E-state index is -0.322. The molecule has 3 nitrogen and oxygen atoms in total. The van der Waals surface area contributed by atoms with Crippen molar-refractivity contribution in [3.05, 3.63) is 24.1 Å². The summed E-state index contributed by atoms with van der Waals surface area (Å²) in [4.78, 5) is 3.88. The Bertz CT molecular complexity index is 281. The van der Waals surface area contributed by atoms with Gasteiger partial charge >= 0.3 is 0 Å². The van der Waals surface area contributed by atoms with Crippen LogP contribution in [0.1, 0.15) is 6.92 Å². The van der Waals surface area contributed by atoms with Gasteiger partial charge in [0, 0.05) is 19.9 Å². The Labute approximate surface area is 83.3 Å². The van der Waals surface area contributed by atoms with Gasteiger partial charge < -0.3 is 10.1 Å². The zero-order valence-electron chi connectivity index (χ0n) is 8.46. The number of nitrogens with zero attached hydrogens (tertiary/aromatic N) is 1. The van der Waals surface area contributed by atoms with Crippen LogP contribution in [0.3, 0.4) is 0 Å². The number of rotatable bonds is 5. The van der Waals surface area contributed by atoms with Crippen molar-refractivity contribution in [2.45, 2.75) is 6.92 Å². The van der Waals surface area contributed by atoms with Crippen LogP contribution >= 0.6 is 0 Å². The molecule has 0 fully saturated rings.